The van der Waals surface area contributed by atoms with Crippen molar-refractivity contribution in [2.75, 3.05) is 5.32 Å². The third-order valence-electron chi connectivity index (χ3n) is 5.65. The molecule has 7 heteroatoms. The van der Waals surface area contributed by atoms with Crippen LogP contribution < -0.4 is 5.32 Å². The number of aromatic hydroxyl groups is 1. The van der Waals surface area contributed by atoms with Crippen LogP contribution in [0, 0.1) is 20.8 Å². The lowest BCUT2D eigenvalue weighted by Crippen LogP contribution is -2.24. The number of aromatic nitrogens is 4. The van der Waals surface area contributed by atoms with Crippen LogP contribution in [0.1, 0.15) is 66.6 Å². The molecule has 0 aliphatic rings. The van der Waals surface area contributed by atoms with E-state index in [9.17, 15) is 9.90 Å². The van der Waals surface area contributed by atoms with Gasteiger partial charge in [0.15, 0.2) is 5.82 Å². The molecule has 1 amide bonds. The second-order valence-corrected chi connectivity index (χ2v) is 7.98. The molecule has 0 aliphatic heterocycles. The van der Waals surface area contributed by atoms with Crippen LogP contribution in [0.2, 0.25) is 0 Å². The summed E-state index contributed by atoms with van der Waals surface area (Å²) in [6.45, 7) is 8.40. The number of nitrogens with one attached hydrogen (secondary N) is 1. The van der Waals surface area contributed by atoms with Crippen LogP contribution in [-0.2, 0) is 11.3 Å². The second-order valence-electron chi connectivity index (χ2n) is 7.98. The summed E-state index contributed by atoms with van der Waals surface area (Å²) >= 11 is 0. The quantitative estimate of drug-likeness (QED) is 0.387. The highest BCUT2D eigenvalue weighted by Gasteiger charge is 2.28. The van der Waals surface area contributed by atoms with Gasteiger partial charge in [0, 0.05) is 5.69 Å². The Hall–Kier alpha value is -3.22. The van der Waals surface area contributed by atoms with Gasteiger partial charge in [0.25, 0.3) is 0 Å². The van der Waals surface area contributed by atoms with Crippen LogP contribution in [0.4, 0.5) is 5.69 Å². The number of nitrogens with zero attached hydrogens (tertiary/aromatic N) is 4. The summed E-state index contributed by atoms with van der Waals surface area (Å²) in [5.41, 5.74) is 3.77. The number of rotatable bonds is 9. The number of carbonyl (C=O) groups is 1. The maximum absolute atomic E-state index is 13.4. The van der Waals surface area contributed by atoms with Crippen molar-refractivity contribution in [1.29, 1.82) is 0 Å². The van der Waals surface area contributed by atoms with Crippen LogP contribution in [-0.4, -0.2) is 31.2 Å². The minimum atomic E-state index is -0.681. The van der Waals surface area contributed by atoms with Gasteiger partial charge in [0.05, 0.1) is 6.54 Å². The van der Waals surface area contributed by atoms with Crippen molar-refractivity contribution in [2.45, 2.75) is 65.8 Å². The highest BCUT2D eigenvalue weighted by Crippen LogP contribution is 2.32. The Morgan fingerprint density at radius 2 is 1.84 bits per heavy atom. The van der Waals surface area contributed by atoms with E-state index < -0.39 is 5.92 Å². The summed E-state index contributed by atoms with van der Waals surface area (Å²) in [5.74, 6) is -0.282. The molecule has 0 aliphatic carbocycles. The maximum atomic E-state index is 13.4. The molecule has 0 bridgehead atoms. The Labute approximate surface area is 183 Å². The fourth-order valence-electron chi connectivity index (χ4n) is 3.61. The van der Waals surface area contributed by atoms with Gasteiger partial charge in [-0.05, 0) is 60.7 Å². The van der Waals surface area contributed by atoms with Crippen LogP contribution in [0.3, 0.4) is 0 Å². The predicted octanol–water partition coefficient (Wildman–Crippen LogP) is 4.65. The first kappa shape index (κ1) is 22.5. The summed E-state index contributed by atoms with van der Waals surface area (Å²) in [7, 11) is 0. The van der Waals surface area contributed by atoms with Gasteiger partial charge in [-0.25, -0.2) is 0 Å². The summed E-state index contributed by atoms with van der Waals surface area (Å²) in [4.78, 5) is 15.0. The van der Waals surface area contributed by atoms with Crippen LogP contribution >= 0.6 is 0 Å². The lowest BCUT2D eigenvalue weighted by atomic mass is 9.96. The maximum Gasteiger partial charge on any atom is 0.239 e. The van der Waals surface area contributed by atoms with Crippen LogP contribution in [0.15, 0.2) is 36.4 Å². The van der Waals surface area contributed by atoms with E-state index in [0.717, 1.165) is 29.5 Å². The van der Waals surface area contributed by atoms with Crippen molar-refractivity contribution < 1.29 is 9.90 Å². The minimum Gasteiger partial charge on any atom is -0.507 e. The molecule has 31 heavy (non-hydrogen) atoms. The largest absolute Gasteiger partial charge is 0.507 e. The molecule has 2 aromatic carbocycles. The minimum absolute atomic E-state index is 0.232. The Kier molecular flexibility index (Phi) is 7.39. The van der Waals surface area contributed by atoms with Gasteiger partial charge >= 0.3 is 0 Å². The summed E-state index contributed by atoms with van der Waals surface area (Å²) < 4.78 is 0. The number of carbonyl (C=O) groups excluding carboxylic acids is 1. The van der Waals surface area contributed by atoms with E-state index in [1.54, 1.807) is 10.9 Å². The van der Waals surface area contributed by atoms with Gasteiger partial charge in [0.1, 0.15) is 11.7 Å². The number of hydrogen-bond donors (Lipinski definition) is 2. The molecule has 1 heterocycles. The van der Waals surface area contributed by atoms with Crippen LogP contribution in [0.5, 0.6) is 5.75 Å². The first-order chi connectivity index (χ1) is 14.9. The van der Waals surface area contributed by atoms with Crippen molar-refractivity contribution in [3.05, 3.63) is 64.5 Å². The summed E-state index contributed by atoms with van der Waals surface area (Å²) in [5, 5.41) is 26.1. The number of anilines is 1. The topological polar surface area (TPSA) is 92.9 Å². The van der Waals surface area contributed by atoms with E-state index >= 15 is 0 Å². The Bertz CT molecular complexity index is 1030. The lowest BCUT2D eigenvalue weighted by Gasteiger charge is -2.18. The molecular weight excluding hydrogens is 390 g/mol. The molecule has 0 saturated heterocycles. The number of tetrazole rings is 1. The molecule has 0 radical (unpaired) electrons. The van der Waals surface area contributed by atoms with Crippen LogP contribution in [0.25, 0.3) is 0 Å². The van der Waals surface area contributed by atoms with Crippen molar-refractivity contribution in [3.63, 3.8) is 0 Å². The monoisotopic (exact) mass is 421 g/mol. The molecule has 0 unspecified atom stereocenters. The number of phenols is 1. The molecule has 0 spiro atoms. The molecule has 2 N–H and O–H groups in total. The zero-order valence-corrected chi connectivity index (χ0v) is 18.7. The zero-order chi connectivity index (χ0) is 22.4. The molecule has 3 aromatic rings. The van der Waals surface area contributed by atoms with Gasteiger partial charge in [-0.15, -0.1) is 10.2 Å². The average Bonchev–Trinajstić information content (AvgIpc) is 3.22. The number of amides is 1. The number of aryl methyl sites for hydroxylation is 2. The number of phenolic OH excluding ortho intramolecular Hbond substituents is 1. The Balaban J connectivity index is 1.87. The third kappa shape index (κ3) is 5.29. The lowest BCUT2D eigenvalue weighted by molar-refractivity contribution is -0.116. The highest BCUT2D eigenvalue weighted by atomic mass is 16.3. The molecular formula is C24H31N5O2. The average molecular weight is 422 g/mol. The third-order valence-corrected chi connectivity index (χ3v) is 5.65. The van der Waals surface area contributed by atoms with E-state index in [1.807, 2.05) is 51.1 Å². The Morgan fingerprint density at radius 1 is 1.10 bits per heavy atom. The smallest absolute Gasteiger partial charge is 0.239 e. The zero-order valence-electron chi connectivity index (χ0n) is 18.7. The number of hydrogen-bond acceptors (Lipinski definition) is 5. The van der Waals surface area contributed by atoms with Gasteiger partial charge in [-0.3, -0.25) is 4.79 Å². The highest BCUT2D eigenvalue weighted by molar-refractivity contribution is 5.98. The molecule has 3 rings (SSSR count). The second kappa shape index (κ2) is 10.2. The predicted molar refractivity (Wildman–Crippen MR) is 121 cm³/mol. The van der Waals surface area contributed by atoms with Gasteiger partial charge in [-0.1, -0.05) is 56.5 Å². The molecule has 0 saturated carbocycles. The number of benzene rings is 2. The fourth-order valence-corrected chi connectivity index (χ4v) is 3.61. The van der Waals surface area contributed by atoms with Gasteiger partial charge in [-0.2, -0.15) is 4.80 Å². The number of unbranched alkanes of at least 4 members (excludes halogenated alkanes) is 3. The van der Waals surface area contributed by atoms with E-state index in [-0.39, 0.29) is 11.7 Å². The Morgan fingerprint density at radius 3 is 2.55 bits per heavy atom. The van der Waals surface area contributed by atoms with Gasteiger partial charge in [0.2, 0.25) is 5.91 Å². The molecule has 0 fully saturated rings. The first-order valence-electron chi connectivity index (χ1n) is 10.9. The molecule has 7 nitrogen and oxygen atoms in total. The molecule has 1 atom stereocenters. The van der Waals surface area contributed by atoms with E-state index in [0.29, 0.717) is 23.6 Å². The standard InChI is InChI=1S/C24H31N5O2/c1-5-6-7-11-14-29-27-23(26-28-29)21(19-12-9-8-10-13-19)24(31)25-20-15-16(2)22(30)18(4)17(20)3/h8-10,12-13,15,21,30H,5-7,11,14H2,1-4H3,(H,25,31)/t21-/m1/s1. The fraction of sp³-hybridized carbons (Fsp3) is 0.417. The van der Waals surface area contributed by atoms with Crippen molar-refractivity contribution in [1.82, 2.24) is 20.2 Å². The first-order valence-corrected chi connectivity index (χ1v) is 10.9. The van der Waals surface area contributed by atoms with E-state index in [2.05, 4.69) is 27.7 Å². The normalized spacial score (nSPS) is 12.0. The van der Waals surface area contributed by atoms with Gasteiger partial charge < -0.3 is 10.4 Å². The van der Waals surface area contributed by atoms with Crippen molar-refractivity contribution in [2.24, 2.45) is 0 Å². The van der Waals surface area contributed by atoms with E-state index in [1.165, 1.54) is 12.8 Å². The molecule has 164 valence electrons. The van der Waals surface area contributed by atoms with Crippen molar-refractivity contribution >= 4 is 11.6 Å². The van der Waals surface area contributed by atoms with E-state index in [4.69, 9.17) is 0 Å². The molecule has 1 aromatic heterocycles. The SMILES string of the molecule is CCCCCCn1nnc([C@H](C(=O)Nc2cc(C)c(O)c(C)c2C)c2ccccc2)n1. The van der Waals surface area contributed by atoms with Crippen molar-refractivity contribution in [3.8, 4) is 5.75 Å². The summed E-state index contributed by atoms with van der Waals surface area (Å²) in [6.07, 6.45) is 4.45. The summed E-state index contributed by atoms with van der Waals surface area (Å²) in [6, 6.07) is 11.3.